The average Bonchev–Trinajstić information content (AvgIpc) is 3.55. The van der Waals surface area contributed by atoms with Crippen molar-refractivity contribution in [3.05, 3.63) is 42.5 Å². The van der Waals surface area contributed by atoms with Gasteiger partial charge in [-0.2, -0.15) is 5.26 Å². The summed E-state index contributed by atoms with van der Waals surface area (Å²) >= 11 is 0. The lowest BCUT2D eigenvalue weighted by atomic mass is 9.95. The van der Waals surface area contributed by atoms with Crippen molar-refractivity contribution >= 4 is 34.2 Å². The van der Waals surface area contributed by atoms with E-state index in [0.29, 0.717) is 37.8 Å². The topological polar surface area (TPSA) is 93.8 Å². The van der Waals surface area contributed by atoms with E-state index in [2.05, 4.69) is 49.8 Å². The van der Waals surface area contributed by atoms with Crippen molar-refractivity contribution in [1.82, 2.24) is 24.4 Å². The number of hydrogen-bond acceptors (Lipinski definition) is 5. The van der Waals surface area contributed by atoms with Gasteiger partial charge in [0.1, 0.15) is 11.6 Å². The maximum absolute atomic E-state index is 11.1. The van der Waals surface area contributed by atoms with E-state index in [1.165, 1.54) is 37.6 Å². The number of benzene rings is 2. The number of amides is 1. The number of anilines is 1. The molecule has 8 heteroatoms. The Kier molecular flexibility index (Phi) is 5.17. The van der Waals surface area contributed by atoms with E-state index in [1.54, 1.807) is 11.2 Å². The van der Waals surface area contributed by atoms with Gasteiger partial charge < -0.3 is 19.4 Å². The maximum atomic E-state index is 11.1. The fourth-order valence-corrected chi connectivity index (χ4v) is 5.59. The number of H-pyrrole nitrogens is 1. The van der Waals surface area contributed by atoms with E-state index < -0.39 is 0 Å². The highest BCUT2D eigenvalue weighted by Gasteiger charge is 2.23. The molecule has 1 aliphatic carbocycles. The van der Waals surface area contributed by atoms with Gasteiger partial charge in [-0.15, -0.1) is 0 Å². The summed E-state index contributed by atoms with van der Waals surface area (Å²) in [6.45, 7) is 2.68. The summed E-state index contributed by atoms with van der Waals surface area (Å²) in [6.07, 6.45) is 10.9. The predicted molar refractivity (Wildman–Crippen MR) is 132 cm³/mol. The Morgan fingerprint density at radius 1 is 1.06 bits per heavy atom. The highest BCUT2D eigenvalue weighted by atomic mass is 16.1. The third-order valence-electron chi connectivity index (χ3n) is 7.45. The summed E-state index contributed by atoms with van der Waals surface area (Å²) in [5.41, 5.74) is 7.20. The number of carbonyl (C=O) groups is 1. The monoisotopic (exact) mass is 453 g/mol. The third kappa shape index (κ3) is 3.39. The molecule has 0 spiro atoms. The van der Waals surface area contributed by atoms with E-state index in [9.17, 15) is 10.1 Å². The summed E-state index contributed by atoms with van der Waals surface area (Å²) in [5, 5.41) is 9.99. The molecule has 34 heavy (non-hydrogen) atoms. The number of nitrogens with zero attached hydrogens (tertiary/aromatic N) is 6. The lowest BCUT2D eigenvalue weighted by Crippen LogP contribution is -2.46. The molecule has 1 aliphatic heterocycles. The lowest BCUT2D eigenvalue weighted by Gasteiger charge is -2.34. The fraction of sp³-hybridized carbons (Fsp3) is 0.385. The Bertz CT molecular complexity index is 1400. The lowest BCUT2D eigenvalue weighted by molar-refractivity contribution is -0.118. The molecule has 2 aliphatic rings. The van der Waals surface area contributed by atoms with Crippen molar-refractivity contribution in [2.45, 2.75) is 38.1 Å². The van der Waals surface area contributed by atoms with E-state index >= 15 is 0 Å². The minimum atomic E-state index is 0.536. The first-order valence-corrected chi connectivity index (χ1v) is 12.1. The van der Waals surface area contributed by atoms with Crippen LogP contribution in [0.15, 0.2) is 36.9 Å². The van der Waals surface area contributed by atoms with Gasteiger partial charge in [-0.25, -0.2) is 9.97 Å². The molecule has 1 saturated heterocycles. The number of nitrogens with one attached hydrogen (secondary N) is 1. The Morgan fingerprint density at radius 3 is 2.65 bits per heavy atom. The number of imidazole rings is 2. The Labute approximate surface area is 197 Å². The van der Waals surface area contributed by atoms with Gasteiger partial charge in [-0.05, 0) is 36.6 Å². The van der Waals surface area contributed by atoms with Gasteiger partial charge in [-0.1, -0.05) is 25.3 Å². The number of nitriles is 1. The molecule has 0 radical (unpaired) electrons. The van der Waals surface area contributed by atoms with Gasteiger partial charge in [0.2, 0.25) is 6.41 Å². The number of piperazine rings is 1. The van der Waals surface area contributed by atoms with Crippen LogP contribution >= 0.6 is 0 Å². The van der Waals surface area contributed by atoms with Crippen LogP contribution in [-0.2, 0) is 4.79 Å². The van der Waals surface area contributed by atoms with Crippen LogP contribution in [0.5, 0.6) is 0 Å². The zero-order chi connectivity index (χ0) is 23.1. The van der Waals surface area contributed by atoms with Gasteiger partial charge in [0.25, 0.3) is 0 Å². The van der Waals surface area contributed by atoms with Crippen LogP contribution < -0.4 is 4.90 Å². The van der Waals surface area contributed by atoms with E-state index in [1.807, 2.05) is 6.33 Å². The highest BCUT2D eigenvalue weighted by Crippen LogP contribution is 2.37. The molecule has 0 atom stereocenters. The average molecular weight is 454 g/mol. The molecule has 4 aromatic rings. The predicted octanol–water partition coefficient (Wildman–Crippen LogP) is 4.23. The van der Waals surface area contributed by atoms with Crippen LogP contribution in [0.2, 0.25) is 0 Å². The van der Waals surface area contributed by atoms with E-state index in [-0.39, 0.29) is 0 Å². The highest BCUT2D eigenvalue weighted by molar-refractivity contribution is 6.00. The largest absolute Gasteiger partial charge is 0.367 e. The Balaban J connectivity index is 1.43. The molecule has 1 saturated carbocycles. The van der Waals surface area contributed by atoms with Crippen molar-refractivity contribution in [3.63, 3.8) is 0 Å². The van der Waals surface area contributed by atoms with Crippen LogP contribution in [0.1, 0.15) is 43.7 Å². The normalized spacial score (nSPS) is 17.4. The molecule has 0 unspecified atom stereocenters. The molecule has 6 rings (SSSR count). The summed E-state index contributed by atoms with van der Waals surface area (Å²) < 4.78 is 2.35. The third-order valence-corrected chi connectivity index (χ3v) is 7.45. The molecule has 0 bridgehead atoms. The molecule has 1 amide bonds. The van der Waals surface area contributed by atoms with Crippen LogP contribution in [0.4, 0.5) is 5.69 Å². The second-order valence-corrected chi connectivity index (χ2v) is 9.33. The summed E-state index contributed by atoms with van der Waals surface area (Å²) in [7, 11) is 0. The Morgan fingerprint density at radius 2 is 1.88 bits per heavy atom. The molecular formula is C26H27N7O. The summed E-state index contributed by atoms with van der Waals surface area (Å²) in [5.74, 6) is 0. The van der Waals surface area contributed by atoms with Crippen molar-refractivity contribution in [2.75, 3.05) is 31.1 Å². The van der Waals surface area contributed by atoms with Crippen LogP contribution in [0.3, 0.4) is 0 Å². The standard InChI is InChI=1S/C26H27N7O/c27-14-21-24(32-10-8-31(17-34)9-11-32)13-20(25-26(21)29-15-28-25)18-6-7-23-22(12-18)30-16-33(23)19-4-2-1-3-5-19/h6-7,12-13,15-17,19H,1-5,8-11H2,(H,28,29). The zero-order valence-electron chi connectivity index (χ0n) is 19.1. The first-order chi connectivity index (χ1) is 16.8. The number of carbonyl (C=O) groups excluding carboxylic acids is 1. The van der Waals surface area contributed by atoms with Gasteiger partial charge >= 0.3 is 0 Å². The number of hydrogen-bond donors (Lipinski definition) is 1. The molecule has 1 N–H and O–H groups in total. The second kappa shape index (κ2) is 8.49. The molecular weight excluding hydrogens is 426 g/mol. The summed E-state index contributed by atoms with van der Waals surface area (Å²) in [4.78, 5) is 27.6. The van der Waals surface area contributed by atoms with E-state index in [0.717, 1.165) is 39.8 Å². The maximum Gasteiger partial charge on any atom is 0.209 e. The van der Waals surface area contributed by atoms with Crippen molar-refractivity contribution in [1.29, 1.82) is 5.26 Å². The molecule has 8 nitrogen and oxygen atoms in total. The van der Waals surface area contributed by atoms with E-state index in [4.69, 9.17) is 4.98 Å². The zero-order valence-corrected chi connectivity index (χ0v) is 19.1. The van der Waals surface area contributed by atoms with Gasteiger partial charge in [0.05, 0.1) is 40.4 Å². The van der Waals surface area contributed by atoms with Crippen LogP contribution in [0.25, 0.3) is 33.2 Å². The van der Waals surface area contributed by atoms with Crippen LogP contribution in [0, 0.1) is 11.3 Å². The van der Waals surface area contributed by atoms with Gasteiger partial charge in [0, 0.05) is 37.8 Å². The fourth-order valence-electron chi connectivity index (χ4n) is 5.59. The van der Waals surface area contributed by atoms with Crippen molar-refractivity contribution < 1.29 is 4.79 Å². The summed E-state index contributed by atoms with van der Waals surface area (Å²) in [6, 6.07) is 11.5. The first kappa shape index (κ1) is 20.7. The smallest absolute Gasteiger partial charge is 0.209 e. The number of fused-ring (bicyclic) bond motifs is 2. The van der Waals surface area contributed by atoms with Crippen molar-refractivity contribution in [3.8, 4) is 17.2 Å². The van der Waals surface area contributed by atoms with Crippen LogP contribution in [-0.4, -0.2) is 57.0 Å². The molecule has 3 heterocycles. The second-order valence-electron chi connectivity index (χ2n) is 9.33. The minimum Gasteiger partial charge on any atom is -0.367 e. The molecule has 2 fully saturated rings. The van der Waals surface area contributed by atoms with Crippen molar-refractivity contribution in [2.24, 2.45) is 0 Å². The van der Waals surface area contributed by atoms with Gasteiger partial charge in [-0.3, -0.25) is 4.79 Å². The minimum absolute atomic E-state index is 0.536. The molecule has 2 aromatic heterocycles. The molecule has 2 aromatic carbocycles. The molecule has 172 valence electrons. The number of aromatic nitrogens is 4. The van der Waals surface area contributed by atoms with Gasteiger partial charge in [0.15, 0.2) is 0 Å². The first-order valence-electron chi connectivity index (χ1n) is 12.1. The SMILES string of the molecule is N#Cc1c(N2CCN(C=O)CC2)cc(-c2ccc3c(c2)ncn3C2CCCCC2)c2nc[nH]c12. The Hall–Kier alpha value is -3.86. The number of rotatable bonds is 4. The quantitative estimate of drug-likeness (QED) is 0.467. The number of aromatic amines is 1.